The average Bonchev–Trinajstić information content (AvgIpc) is 3.07. The Morgan fingerprint density at radius 1 is 1.08 bits per heavy atom. The summed E-state index contributed by atoms with van der Waals surface area (Å²) in [5, 5.41) is 8.28. The third-order valence-corrected chi connectivity index (χ3v) is 3.58. The summed E-state index contributed by atoms with van der Waals surface area (Å²) in [6.45, 7) is 0.0962. The van der Waals surface area contributed by atoms with Gasteiger partial charge in [-0.25, -0.2) is 9.37 Å². The van der Waals surface area contributed by atoms with Crippen LogP contribution in [0.15, 0.2) is 64.1 Å². The molecule has 0 aliphatic heterocycles. The van der Waals surface area contributed by atoms with Gasteiger partial charge in [-0.2, -0.15) is 0 Å². The van der Waals surface area contributed by atoms with Gasteiger partial charge in [0.1, 0.15) is 12.4 Å². The van der Waals surface area contributed by atoms with Gasteiger partial charge in [-0.05, 0) is 24.3 Å². The minimum absolute atomic E-state index is 0.0962. The fourth-order valence-electron chi connectivity index (χ4n) is 2.40. The summed E-state index contributed by atoms with van der Waals surface area (Å²) < 4.78 is 20.1. The zero-order valence-corrected chi connectivity index (χ0v) is 12.4. The molecule has 7 heteroatoms. The molecular formula is C17H11FN4O2. The van der Waals surface area contributed by atoms with Crippen molar-refractivity contribution >= 4 is 10.9 Å². The van der Waals surface area contributed by atoms with E-state index in [0.29, 0.717) is 22.7 Å². The maximum absolute atomic E-state index is 13.2. The molecule has 2 heterocycles. The minimum atomic E-state index is -0.434. The summed E-state index contributed by atoms with van der Waals surface area (Å²) in [6.07, 6.45) is 1.34. The molecular weight excluding hydrogens is 311 g/mol. The van der Waals surface area contributed by atoms with Crippen LogP contribution in [0.5, 0.6) is 0 Å². The quantitative estimate of drug-likeness (QED) is 0.580. The predicted molar refractivity (Wildman–Crippen MR) is 84.8 cm³/mol. The van der Waals surface area contributed by atoms with Crippen molar-refractivity contribution in [3.63, 3.8) is 0 Å². The smallest absolute Gasteiger partial charge is 0.261 e. The van der Waals surface area contributed by atoms with Crippen molar-refractivity contribution in [1.82, 2.24) is 19.7 Å². The van der Waals surface area contributed by atoms with Gasteiger partial charge in [0.15, 0.2) is 0 Å². The van der Waals surface area contributed by atoms with Crippen LogP contribution in [0.2, 0.25) is 0 Å². The summed E-state index contributed by atoms with van der Waals surface area (Å²) in [5.41, 5.74) is 0.821. The molecule has 0 radical (unpaired) electrons. The summed E-state index contributed by atoms with van der Waals surface area (Å²) in [7, 11) is 0. The predicted octanol–water partition coefficient (Wildman–Crippen LogP) is 2.63. The van der Waals surface area contributed by atoms with E-state index in [-0.39, 0.29) is 12.1 Å². The van der Waals surface area contributed by atoms with Crippen molar-refractivity contribution in [2.75, 3.05) is 0 Å². The van der Waals surface area contributed by atoms with Crippen LogP contribution in [-0.4, -0.2) is 19.7 Å². The Balaban J connectivity index is 1.68. The van der Waals surface area contributed by atoms with Gasteiger partial charge in [-0.3, -0.25) is 9.36 Å². The second-order valence-corrected chi connectivity index (χ2v) is 5.21. The average molecular weight is 322 g/mol. The standard InChI is InChI=1S/C17H11FN4O2/c18-12-6-7-13-14(8-12)19-10-22(17(13)23)9-15-20-21-16(24-15)11-4-2-1-3-5-11/h1-8,10H,9H2. The van der Waals surface area contributed by atoms with Gasteiger partial charge in [0, 0.05) is 11.6 Å². The molecule has 0 unspecified atom stereocenters. The lowest BCUT2D eigenvalue weighted by molar-refractivity contribution is 0.483. The van der Waals surface area contributed by atoms with Gasteiger partial charge >= 0.3 is 0 Å². The first-order valence-electron chi connectivity index (χ1n) is 7.23. The highest BCUT2D eigenvalue weighted by molar-refractivity contribution is 5.77. The molecule has 4 aromatic rings. The normalized spacial score (nSPS) is 11.0. The number of nitrogens with zero attached hydrogens (tertiary/aromatic N) is 4. The van der Waals surface area contributed by atoms with Crippen molar-refractivity contribution in [1.29, 1.82) is 0 Å². The zero-order chi connectivity index (χ0) is 16.5. The van der Waals surface area contributed by atoms with Crippen molar-refractivity contribution < 1.29 is 8.81 Å². The summed E-state index contributed by atoms with van der Waals surface area (Å²) in [4.78, 5) is 16.5. The van der Waals surface area contributed by atoms with E-state index in [4.69, 9.17) is 4.42 Å². The maximum atomic E-state index is 13.2. The highest BCUT2D eigenvalue weighted by atomic mass is 19.1. The third kappa shape index (κ3) is 2.56. The summed E-state index contributed by atoms with van der Waals surface area (Å²) in [6, 6.07) is 13.2. The van der Waals surface area contributed by atoms with Crippen LogP contribution < -0.4 is 5.56 Å². The van der Waals surface area contributed by atoms with Gasteiger partial charge < -0.3 is 4.42 Å². The molecule has 0 fully saturated rings. The molecule has 2 aromatic heterocycles. The maximum Gasteiger partial charge on any atom is 0.261 e. The lowest BCUT2D eigenvalue weighted by Crippen LogP contribution is -2.21. The van der Waals surface area contributed by atoms with Gasteiger partial charge in [0.25, 0.3) is 5.56 Å². The molecule has 0 saturated heterocycles. The fourth-order valence-corrected chi connectivity index (χ4v) is 2.40. The Bertz CT molecular complexity index is 1070. The fraction of sp³-hybridized carbons (Fsp3) is 0.0588. The summed E-state index contributed by atoms with van der Waals surface area (Å²) >= 11 is 0. The molecule has 118 valence electrons. The number of hydrogen-bond donors (Lipinski definition) is 0. The van der Waals surface area contributed by atoms with E-state index >= 15 is 0 Å². The van der Waals surface area contributed by atoms with Crippen LogP contribution in [0.4, 0.5) is 4.39 Å². The van der Waals surface area contributed by atoms with E-state index in [1.54, 1.807) is 0 Å². The Labute approximate surface area is 135 Å². The third-order valence-electron chi connectivity index (χ3n) is 3.58. The van der Waals surface area contributed by atoms with E-state index in [1.807, 2.05) is 30.3 Å². The van der Waals surface area contributed by atoms with Crippen LogP contribution in [0, 0.1) is 5.82 Å². The van der Waals surface area contributed by atoms with Crippen molar-refractivity contribution in [3.05, 3.63) is 76.9 Å². The van der Waals surface area contributed by atoms with E-state index in [2.05, 4.69) is 15.2 Å². The van der Waals surface area contributed by atoms with E-state index in [1.165, 1.54) is 29.1 Å². The van der Waals surface area contributed by atoms with E-state index in [9.17, 15) is 9.18 Å². The first-order valence-corrected chi connectivity index (χ1v) is 7.23. The first kappa shape index (κ1) is 14.3. The highest BCUT2D eigenvalue weighted by Gasteiger charge is 2.11. The topological polar surface area (TPSA) is 73.8 Å². The molecule has 0 bridgehead atoms. The highest BCUT2D eigenvalue weighted by Crippen LogP contribution is 2.17. The molecule has 0 atom stereocenters. The number of aromatic nitrogens is 4. The van der Waals surface area contributed by atoms with Crippen molar-refractivity contribution in [2.45, 2.75) is 6.54 Å². The van der Waals surface area contributed by atoms with E-state index in [0.717, 1.165) is 5.56 Å². The SMILES string of the molecule is O=c1c2ccc(F)cc2ncn1Cc1nnc(-c2ccccc2)o1. The van der Waals surface area contributed by atoms with Gasteiger partial charge in [0.2, 0.25) is 11.8 Å². The second kappa shape index (κ2) is 5.69. The largest absolute Gasteiger partial charge is 0.419 e. The molecule has 0 saturated carbocycles. The Morgan fingerprint density at radius 3 is 2.75 bits per heavy atom. The molecule has 4 rings (SSSR count). The van der Waals surface area contributed by atoms with Crippen LogP contribution >= 0.6 is 0 Å². The molecule has 24 heavy (non-hydrogen) atoms. The number of fused-ring (bicyclic) bond motifs is 1. The molecule has 6 nitrogen and oxygen atoms in total. The van der Waals surface area contributed by atoms with E-state index < -0.39 is 5.82 Å². The van der Waals surface area contributed by atoms with Crippen molar-refractivity contribution in [3.8, 4) is 11.5 Å². The minimum Gasteiger partial charge on any atom is -0.419 e. The van der Waals surface area contributed by atoms with Gasteiger partial charge in [0.05, 0.1) is 17.2 Å². The number of rotatable bonds is 3. The monoisotopic (exact) mass is 322 g/mol. The van der Waals surface area contributed by atoms with Gasteiger partial charge in [-0.1, -0.05) is 18.2 Å². The van der Waals surface area contributed by atoms with Crippen LogP contribution in [0.1, 0.15) is 5.89 Å². The molecule has 0 aliphatic carbocycles. The number of benzene rings is 2. The number of halogens is 1. The molecule has 0 aliphatic rings. The lowest BCUT2D eigenvalue weighted by Gasteiger charge is -2.03. The van der Waals surface area contributed by atoms with Crippen molar-refractivity contribution in [2.24, 2.45) is 0 Å². The Hall–Kier alpha value is -3.35. The summed E-state index contributed by atoms with van der Waals surface area (Å²) in [5.74, 6) is 0.241. The second-order valence-electron chi connectivity index (χ2n) is 5.21. The van der Waals surface area contributed by atoms with Gasteiger partial charge in [-0.15, -0.1) is 10.2 Å². The Morgan fingerprint density at radius 2 is 1.92 bits per heavy atom. The lowest BCUT2D eigenvalue weighted by atomic mass is 10.2. The first-order chi connectivity index (χ1) is 11.7. The Kier molecular flexibility index (Phi) is 3.38. The molecule has 0 N–H and O–H groups in total. The van der Waals surface area contributed by atoms with Crippen LogP contribution in [0.25, 0.3) is 22.4 Å². The zero-order valence-electron chi connectivity index (χ0n) is 12.4. The molecule has 0 spiro atoms. The molecule has 2 aromatic carbocycles. The van der Waals surface area contributed by atoms with Crippen LogP contribution in [-0.2, 0) is 6.54 Å². The number of hydrogen-bond acceptors (Lipinski definition) is 5. The molecule has 0 amide bonds. The van der Waals surface area contributed by atoms with Crippen LogP contribution in [0.3, 0.4) is 0 Å².